The first-order chi connectivity index (χ1) is 9.58. The summed E-state index contributed by atoms with van der Waals surface area (Å²) in [5.41, 5.74) is 0.323. The number of halogens is 2. The van der Waals surface area contributed by atoms with Crippen molar-refractivity contribution >= 4 is 28.0 Å². The molecular weight excluding hydrogens is 327 g/mol. The van der Waals surface area contributed by atoms with Crippen molar-refractivity contribution < 1.29 is 18.7 Å². The summed E-state index contributed by atoms with van der Waals surface area (Å²) in [6.45, 7) is 0. The SMILES string of the molecule is COc1cc(Br)cc(F)c1/C=C1\OC(=O)C2CCC1C2. The standard InChI is InChI=1S/C15H14BrFO3/c1-19-14-6-10(16)5-12(17)11(14)7-13-8-2-3-9(4-8)15(18)20-13/h5-9H,2-4H2,1H3/b13-7-. The number of carbonyl (C=O) groups excluding carboxylic acids is 1. The lowest BCUT2D eigenvalue weighted by atomic mass is 9.98. The number of hydrogen-bond acceptors (Lipinski definition) is 3. The molecule has 0 radical (unpaired) electrons. The maximum Gasteiger partial charge on any atom is 0.314 e. The minimum absolute atomic E-state index is 0.0220. The first kappa shape index (κ1) is 13.6. The lowest BCUT2D eigenvalue weighted by molar-refractivity contribution is -0.146. The number of allylic oxidation sites excluding steroid dienone is 1. The van der Waals surface area contributed by atoms with Crippen LogP contribution in [0.2, 0.25) is 0 Å². The Labute approximate surface area is 124 Å². The molecular formula is C15H14BrFO3. The van der Waals surface area contributed by atoms with Crippen molar-refractivity contribution in [1.29, 1.82) is 0 Å². The number of methoxy groups -OCH3 is 1. The Morgan fingerprint density at radius 2 is 2.15 bits per heavy atom. The fourth-order valence-corrected chi connectivity index (χ4v) is 3.31. The Morgan fingerprint density at radius 3 is 2.90 bits per heavy atom. The van der Waals surface area contributed by atoms with Gasteiger partial charge in [-0.2, -0.15) is 0 Å². The number of hydrogen-bond donors (Lipinski definition) is 0. The molecule has 1 heterocycles. The van der Waals surface area contributed by atoms with Gasteiger partial charge in [-0.1, -0.05) is 15.9 Å². The average molecular weight is 341 g/mol. The molecule has 1 aliphatic heterocycles. The number of carbonyl (C=O) groups is 1. The number of rotatable bonds is 2. The van der Waals surface area contributed by atoms with Crippen molar-refractivity contribution in [2.75, 3.05) is 7.11 Å². The van der Waals surface area contributed by atoms with Gasteiger partial charge in [0.05, 0.1) is 18.6 Å². The van der Waals surface area contributed by atoms with Gasteiger partial charge < -0.3 is 9.47 Å². The van der Waals surface area contributed by atoms with E-state index in [2.05, 4.69) is 15.9 Å². The summed E-state index contributed by atoms with van der Waals surface area (Å²) in [7, 11) is 1.49. The monoisotopic (exact) mass is 340 g/mol. The van der Waals surface area contributed by atoms with Gasteiger partial charge in [0, 0.05) is 10.4 Å². The van der Waals surface area contributed by atoms with Crippen LogP contribution in [0.1, 0.15) is 24.8 Å². The highest BCUT2D eigenvalue weighted by Crippen LogP contribution is 2.43. The van der Waals surface area contributed by atoms with Gasteiger partial charge in [-0.05, 0) is 37.5 Å². The van der Waals surface area contributed by atoms with E-state index in [4.69, 9.17) is 9.47 Å². The third-order valence-corrected chi connectivity index (χ3v) is 4.41. The molecule has 1 aromatic carbocycles. The van der Waals surface area contributed by atoms with Crippen LogP contribution in [0.25, 0.3) is 6.08 Å². The van der Waals surface area contributed by atoms with Crippen LogP contribution < -0.4 is 4.74 Å². The van der Waals surface area contributed by atoms with Crippen molar-refractivity contribution in [3.63, 3.8) is 0 Å². The zero-order valence-corrected chi connectivity index (χ0v) is 12.6. The third-order valence-electron chi connectivity index (χ3n) is 3.95. The van der Waals surface area contributed by atoms with Gasteiger partial charge in [0.2, 0.25) is 0 Å². The first-order valence-corrected chi connectivity index (χ1v) is 7.34. The molecule has 0 spiro atoms. The molecule has 3 rings (SSSR count). The van der Waals surface area contributed by atoms with Gasteiger partial charge in [0.15, 0.2) is 0 Å². The topological polar surface area (TPSA) is 35.5 Å². The van der Waals surface area contributed by atoms with E-state index >= 15 is 0 Å². The summed E-state index contributed by atoms with van der Waals surface area (Å²) >= 11 is 3.23. The summed E-state index contributed by atoms with van der Waals surface area (Å²) in [5, 5.41) is 0. The molecule has 5 heteroatoms. The molecule has 20 heavy (non-hydrogen) atoms. The highest BCUT2D eigenvalue weighted by molar-refractivity contribution is 9.10. The predicted molar refractivity (Wildman–Crippen MR) is 75.6 cm³/mol. The minimum atomic E-state index is -0.403. The molecule has 1 saturated heterocycles. The second kappa shape index (κ2) is 5.20. The quantitative estimate of drug-likeness (QED) is 0.765. The van der Waals surface area contributed by atoms with Gasteiger partial charge in [0.25, 0.3) is 0 Å². The molecule has 0 aromatic heterocycles. The lowest BCUT2D eigenvalue weighted by Gasteiger charge is -2.21. The van der Waals surface area contributed by atoms with Crippen LogP contribution in [-0.2, 0) is 9.53 Å². The fraction of sp³-hybridized carbons (Fsp3) is 0.400. The molecule has 2 bridgehead atoms. The van der Waals surface area contributed by atoms with Gasteiger partial charge in [0.1, 0.15) is 17.3 Å². The summed E-state index contributed by atoms with van der Waals surface area (Å²) in [6.07, 6.45) is 4.19. The number of benzene rings is 1. The molecule has 0 amide bonds. The second-order valence-corrected chi connectivity index (χ2v) is 6.09. The van der Waals surface area contributed by atoms with Crippen LogP contribution in [-0.4, -0.2) is 13.1 Å². The molecule has 0 N–H and O–H groups in total. The van der Waals surface area contributed by atoms with Gasteiger partial charge >= 0.3 is 5.97 Å². The van der Waals surface area contributed by atoms with Crippen LogP contribution in [0.15, 0.2) is 22.4 Å². The van der Waals surface area contributed by atoms with E-state index in [1.165, 1.54) is 13.2 Å². The largest absolute Gasteiger partial charge is 0.496 e. The van der Waals surface area contributed by atoms with E-state index in [9.17, 15) is 9.18 Å². The number of ether oxygens (including phenoxy) is 2. The number of fused-ring (bicyclic) bond motifs is 2. The summed E-state index contributed by atoms with van der Waals surface area (Å²) in [5.74, 6) is 0.615. The average Bonchev–Trinajstić information content (AvgIpc) is 2.84. The molecule has 2 fully saturated rings. The van der Waals surface area contributed by atoms with E-state index in [0.29, 0.717) is 21.5 Å². The van der Waals surface area contributed by atoms with Gasteiger partial charge in [-0.3, -0.25) is 4.79 Å². The van der Waals surface area contributed by atoms with Crippen molar-refractivity contribution in [1.82, 2.24) is 0 Å². The smallest absolute Gasteiger partial charge is 0.314 e. The van der Waals surface area contributed by atoms with Crippen molar-refractivity contribution in [2.24, 2.45) is 11.8 Å². The Morgan fingerprint density at radius 1 is 1.40 bits per heavy atom. The first-order valence-electron chi connectivity index (χ1n) is 6.55. The van der Waals surface area contributed by atoms with Crippen molar-refractivity contribution in [3.8, 4) is 5.75 Å². The van der Waals surface area contributed by atoms with E-state index < -0.39 is 5.82 Å². The predicted octanol–water partition coefficient (Wildman–Crippen LogP) is 3.91. The summed E-state index contributed by atoms with van der Waals surface area (Å²) in [4.78, 5) is 11.8. The molecule has 1 aromatic rings. The summed E-state index contributed by atoms with van der Waals surface area (Å²) < 4.78 is 25.3. The highest BCUT2D eigenvalue weighted by Gasteiger charge is 2.39. The lowest BCUT2D eigenvalue weighted by Crippen LogP contribution is -2.22. The molecule has 106 valence electrons. The van der Waals surface area contributed by atoms with Crippen LogP contribution in [0.4, 0.5) is 4.39 Å². The zero-order chi connectivity index (χ0) is 14.3. The maximum atomic E-state index is 14.1. The number of cyclic esters (lactones) is 1. The van der Waals surface area contributed by atoms with E-state index in [0.717, 1.165) is 19.3 Å². The van der Waals surface area contributed by atoms with Crippen molar-refractivity contribution in [2.45, 2.75) is 19.3 Å². The van der Waals surface area contributed by atoms with Crippen LogP contribution in [0.3, 0.4) is 0 Å². The Kier molecular flexibility index (Phi) is 3.54. The fourth-order valence-electron chi connectivity index (χ4n) is 2.90. The molecule has 2 aliphatic rings. The van der Waals surface area contributed by atoms with Crippen LogP contribution in [0, 0.1) is 17.7 Å². The Balaban J connectivity index is 2.01. The Hall–Kier alpha value is -1.36. The highest BCUT2D eigenvalue weighted by atomic mass is 79.9. The maximum absolute atomic E-state index is 14.1. The Bertz CT molecular complexity index is 597. The molecule has 1 saturated carbocycles. The van der Waals surface area contributed by atoms with E-state index in [1.807, 2.05) is 0 Å². The van der Waals surface area contributed by atoms with Crippen LogP contribution >= 0.6 is 15.9 Å². The summed E-state index contributed by atoms with van der Waals surface area (Å²) in [6, 6.07) is 3.06. The molecule has 2 unspecified atom stereocenters. The molecule has 1 aliphatic carbocycles. The second-order valence-electron chi connectivity index (χ2n) is 5.18. The zero-order valence-electron chi connectivity index (χ0n) is 11.0. The third kappa shape index (κ3) is 2.35. The van der Waals surface area contributed by atoms with E-state index in [1.54, 1.807) is 12.1 Å². The normalized spacial score (nSPS) is 26.8. The van der Waals surface area contributed by atoms with Gasteiger partial charge in [-0.15, -0.1) is 0 Å². The van der Waals surface area contributed by atoms with Gasteiger partial charge in [-0.25, -0.2) is 4.39 Å². The molecule has 3 nitrogen and oxygen atoms in total. The number of esters is 1. The molecule has 2 atom stereocenters. The minimum Gasteiger partial charge on any atom is -0.496 e. The van der Waals surface area contributed by atoms with E-state index in [-0.39, 0.29) is 17.8 Å². The van der Waals surface area contributed by atoms with Crippen LogP contribution in [0.5, 0.6) is 5.75 Å². The van der Waals surface area contributed by atoms with Crippen molar-refractivity contribution in [3.05, 3.63) is 33.7 Å².